The molecule has 0 unspecified atom stereocenters. The average Bonchev–Trinajstić information content (AvgIpc) is 2.32. The van der Waals surface area contributed by atoms with Gasteiger partial charge in [0.05, 0.1) is 5.69 Å². The molecule has 0 amide bonds. The Morgan fingerprint density at radius 2 is 1.94 bits per heavy atom. The first kappa shape index (κ1) is 11.0. The van der Waals surface area contributed by atoms with Gasteiger partial charge in [0.1, 0.15) is 17.8 Å². The van der Waals surface area contributed by atoms with Gasteiger partial charge in [0.2, 0.25) is 0 Å². The maximum atomic E-state index is 9.36. The molecule has 7 heteroatoms. The van der Waals surface area contributed by atoms with Gasteiger partial charge in [0, 0.05) is 6.07 Å². The Morgan fingerprint density at radius 3 is 2.65 bits per heavy atom. The van der Waals surface area contributed by atoms with Crippen LogP contribution in [0.4, 0.5) is 23.0 Å². The monoisotopic (exact) mass is 232 g/mol. The van der Waals surface area contributed by atoms with Crippen molar-refractivity contribution in [1.82, 2.24) is 9.97 Å². The minimum Gasteiger partial charge on any atom is -0.508 e. The maximum Gasteiger partial charge on any atom is 0.176 e. The highest BCUT2D eigenvalue weighted by Gasteiger charge is 2.12. The van der Waals surface area contributed by atoms with Crippen molar-refractivity contribution in [3.05, 3.63) is 30.6 Å². The SMILES string of the molecule is Nc1ncnc(N(N)c2cccc(O)c2)c1N. The Bertz CT molecular complexity index is 544. The quantitative estimate of drug-likeness (QED) is 0.434. The van der Waals surface area contributed by atoms with Gasteiger partial charge in [-0.3, -0.25) is 5.01 Å². The molecule has 2 aromatic rings. The summed E-state index contributed by atoms with van der Waals surface area (Å²) in [5.41, 5.74) is 12.0. The summed E-state index contributed by atoms with van der Waals surface area (Å²) < 4.78 is 0. The molecule has 7 N–H and O–H groups in total. The number of phenols is 1. The number of nitrogens with zero attached hydrogens (tertiary/aromatic N) is 3. The summed E-state index contributed by atoms with van der Waals surface area (Å²) in [6.45, 7) is 0. The van der Waals surface area contributed by atoms with Crippen LogP contribution in [0.2, 0.25) is 0 Å². The third kappa shape index (κ3) is 2.04. The van der Waals surface area contributed by atoms with E-state index >= 15 is 0 Å². The molecule has 0 aliphatic rings. The van der Waals surface area contributed by atoms with Crippen LogP contribution in [0.25, 0.3) is 0 Å². The van der Waals surface area contributed by atoms with E-state index in [1.165, 1.54) is 23.5 Å². The number of hydrogen-bond acceptors (Lipinski definition) is 7. The fourth-order valence-electron chi connectivity index (χ4n) is 1.36. The minimum atomic E-state index is 0.0959. The summed E-state index contributed by atoms with van der Waals surface area (Å²) in [4.78, 5) is 7.69. The Labute approximate surface area is 97.5 Å². The molecule has 0 spiro atoms. The fraction of sp³-hybridized carbons (Fsp3) is 0. The molecule has 88 valence electrons. The highest BCUT2D eigenvalue weighted by molar-refractivity contribution is 5.77. The number of nitrogen functional groups attached to an aromatic ring is 2. The predicted octanol–water partition coefficient (Wildman–Crippen LogP) is 0.358. The maximum absolute atomic E-state index is 9.36. The first-order chi connectivity index (χ1) is 8.09. The standard InChI is InChI=1S/C10H12N6O/c11-8-9(12)14-5-15-10(8)16(13)6-2-1-3-7(17)4-6/h1-5,17H,11,13H2,(H2,12,14,15). The van der Waals surface area contributed by atoms with Crippen molar-refractivity contribution in [1.29, 1.82) is 0 Å². The van der Waals surface area contributed by atoms with Gasteiger partial charge in [-0.25, -0.2) is 15.8 Å². The summed E-state index contributed by atoms with van der Waals surface area (Å²) in [7, 11) is 0. The van der Waals surface area contributed by atoms with E-state index in [1.54, 1.807) is 12.1 Å². The normalized spacial score (nSPS) is 10.2. The second-order valence-corrected chi connectivity index (χ2v) is 3.39. The Kier molecular flexibility index (Phi) is 2.67. The zero-order chi connectivity index (χ0) is 12.4. The molecule has 0 saturated heterocycles. The van der Waals surface area contributed by atoms with Crippen molar-refractivity contribution >= 4 is 23.0 Å². The number of nitrogens with two attached hydrogens (primary N) is 3. The molecule has 1 heterocycles. The molecule has 1 aromatic carbocycles. The summed E-state index contributed by atoms with van der Waals surface area (Å²) in [6.07, 6.45) is 1.27. The molecular weight excluding hydrogens is 220 g/mol. The Balaban J connectivity index is 2.44. The Morgan fingerprint density at radius 1 is 1.18 bits per heavy atom. The molecule has 0 bridgehead atoms. The molecule has 0 aliphatic carbocycles. The van der Waals surface area contributed by atoms with E-state index in [0.29, 0.717) is 5.69 Å². The van der Waals surface area contributed by atoms with E-state index < -0.39 is 0 Å². The van der Waals surface area contributed by atoms with Crippen LogP contribution < -0.4 is 22.3 Å². The van der Waals surface area contributed by atoms with Gasteiger partial charge in [-0.1, -0.05) is 6.07 Å². The smallest absolute Gasteiger partial charge is 0.176 e. The van der Waals surface area contributed by atoms with Crippen LogP contribution in [0.1, 0.15) is 0 Å². The van der Waals surface area contributed by atoms with Crippen molar-refractivity contribution in [2.45, 2.75) is 0 Å². The molecule has 2 rings (SSSR count). The molecule has 7 nitrogen and oxygen atoms in total. The number of rotatable bonds is 2. The molecule has 0 aliphatic heterocycles. The lowest BCUT2D eigenvalue weighted by Gasteiger charge is -2.19. The van der Waals surface area contributed by atoms with Gasteiger partial charge in [-0.2, -0.15) is 0 Å². The lowest BCUT2D eigenvalue weighted by Crippen LogP contribution is -2.27. The number of benzene rings is 1. The highest BCUT2D eigenvalue weighted by atomic mass is 16.3. The van der Waals surface area contributed by atoms with Crippen molar-refractivity contribution in [3.8, 4) is 5.75 Å². The number of anilines is 4. The summed E-state index contributed by atoms with van der Waals surface area (Å²) >= 11 is 0. The molecule has 17 heavy (non-hydrogen) atoms. The summed E-state index contributed by atoms with van der Waals surface area (Å²) in [5.74, 6) is 6.39. The largest absolute Gasteiger partial charge is 0.508 e. The minimum absolute atomic E-state index is 0.0959. The van der Waals surface area contributed by atoms with Crippen LogP contribution in [0, 0.1) is 0 Å². The van der Waals surface area contributed by atoms with Gasteiger partial charge in [-0.05, 0) is 12.1 Å². The van der Waals surface area contributed by atoms with E-state index in [0.717, 1.165) is 0 Å². The number of aromatic nitrogens is 2. The van der Waals surface area contributed by atoms with E-state index in [4.69, 9.17) is 17.3 Å². The summed E-state index contributed by atoms with van der Waals surface area (Å²) in [5, 5.41) is 10.6. The first-order valence-corrected chi connectivity index (χ1v) is 4.79. The van der Waals surface area contributed by atoms with Gasteiger partial charge in [0.25, 0.3) is 0 Å². The van der Waals surface area contributed by atoms with Crippen LogP contribution >= 0.6 is 0 Å². The molecule has 0 fully saturated rings. The molecule has 0 saturated carbocycles. The number of phenolic OH excluding ortho intramolecular Hbond substituents is 1. The summed E-state index contributed by atoms with van der Waals surface area (Å²) in [6, 6.07) is 6.38. The van der Waals surface area contributed by atoms with Crippen LogP contribution in [0.5, 0.6) is 5.75 Å². The predicted molar refractivity (Wildman–Crippen MR) is 65.3 cm³/mol. The van der Waals surface area contributed by atoms with Crippen LogP contribution in [0.3, 0.4) is 0 Å². The van der Waals surface area contributed by atoms with Crippen molar-refractivity contribution in [3.63, 3.8) is 0 Å². The second kappa shape index (κ2) is 4.14. The van der Waals surface area contributed by atoms with Crippen molar-refractivity contribution in [2.75, 3.05) is 16.5 Å². The van der Waals surface area contributed by atoms with E-state index in [1.807, 2.05) is 0 Å². The lowest BCUT2D eigenvalue weighted by molar-refractivity contribution is 0.475. The van der Waals surface area contributed by atoms with Crippen LogP contribution in [0.15, 0.2) is 30.6 Å². The van der Waals surface area contributed by atoms with Crippen LogP contribution in [-0.2, 0) is 0 Å². The fourth-order valence-corrected chi connectivity index (χ4v) is 1.36. The highest BCUT2D eigenvalue weighted by Crippen LogP contribution is 2.28. The van der Waals surface area contributed by atoms with Gasteiger partial charge in [-0.15, -0.1) is 0 Å². The van der Waals surface area contributed by atoms with Gasteiger partial charge >= 0.3 is 0 Å². The van der Waals surface area contributed by atoms with Crippen molar-refractivity contribution in [2.24, 2.45) is 5.84 Å². The van der Waals surface area contributed by atoms with E-state index in [2.05, 4.69) is 9.97 Å². The molecule has 0 radical (unpaired) electrons. The third-order valence-electron chi connectivity index (χ3n) is 2.23. The zero-order valence-electron chi connectivity index (χ0n) is 8.91. The number of aromatic hydroxyl groups is 1. The van der Waals surface area contributed by atoms with Gasteiger partial charge in [0.15, 0.2) is 11.6 Å². The molecule has 0 atom stereocenters. The Hall–Kier alpha value is -2.54. The zero-order valence-corrected chi connectivity index (χ0v) is 8.91. The third-order valence-corrected chi connectivity index (χ3v) is 2.23. The second-order valence-electron chi connectivity index (χ2n) is 3.39. The number of hydrazine groups is 1. The van der Waals surface area contributed by atoms with Gasteiger partial charge < -0.3 is 16.6 Å². The topological polar surface area (TPSA) is 127 Å². The first-order valence-electron chi connectivity index (χ1n) is 4.79. The van der Waals surface area contributed by atoms with E-state index in [9.17, 15) is 5.11 Å². The van der Waals surface area contributed by atoms with E-state index in [-0.39, 0.29) is 23.1 Å². The number of hydrogen-bond donors (Lipinski definition) is 4. The van der Waals surface area contributed by atoms with Crippen LogP contribution in [-0.4, -0.2) is 15.1 Å². The average molecular weight is 232 g/mol. The van der Waals surface area contributed by atoms with Crippen molar-refractivity contribution < 1.29 is 5.11 Å². The molecule has 1 aromatic heterocycles. The molecular formula is C10H12N6O. The lowest BCUT2D eigenvalue weighted by atomic mass is 10.3.